The number of aryl methyl sites for hydroxylation is 1. The Morgan fingerprint density at radius 1 is 0.947 bits per heavy atom. The molecule has 0 aliphatic rings. The van der Waals surface area contributed by atoms with Crippen LogP contribution in [0.5, 0.6) is 0 Å². The molecule has 0 saturated heterocycles. The smallest absolute Gasteiger partial charge is 0.198 e. The molecule has 0 aliphatic heterocycles. The van der Waals surface area contributed by atoms with Crippen LogP contribution in [0.3, 0.4) is 0 Å². The SMILES string of the molecule is Cn1c(Cl)c(-c2ccccc2)c(=O)c2ccccc21. The number of aromatic nitrogens is 1. The highest BCUT2D eigenvalue weighted by Gasteiger charge is 2.14. The van der Waals surface area contributed by atoms with Crippen molar-refractivity contribution in [2.75, 3.05) is 0 Å². The van der Waals surface area contributed by atoms with E-state index in [4.69, 9.17) is 11.6 Å². The maximum atomic E-state index is 12.6. The van der Waals surface area contributed by atoms with E-state index in [9.17, 15) is 4.79 Å². The lowest BCUT2D eigenvalue weighted by Crippen LogP contribution is -2.12. The van der Waals surface area contributed by atoms with Crippen molar-refractivity contribution in [3.63, 3.8) is 0 Å². The van der Waals surface area contributed by atoms with Crippen LogP contribution in [0.1, 0.15) is 0 Å². The van der Waals surface area contributed by atoms with Gasteiger partial charge in [-0.1, -0.05) is 54.1 Å². The van der Waals surface area contributed by atoms with Gasteiger partial charge < -0.3 is 4.57 Å². The van der Waals surface area contributed by atoms with Gasteiger partial charge in [0.25, 0.3) is 0 Å². The van der Waals surface area contributed by atoms with E-state index in [1.807, 2.05) is 66.2 Å². The fourth-order valence-electron chi connectivity index (χ4n) is 2.31. The molecular weight excluding hydrogens is 258 g/mol. The van der Waals surface area contributed by atoms with Crippen molar-refractivity contribution in [2.24, 2.45) is 7.05 Å². The third-order valence-electron chi connectivity index (χ3n) is 3.30. The molecule has 3 rings (SSSR count). The summed E-state index contributed by atoms with van der Waals surface area (Å²) in [4.78, 5) is 12.6. The monoisotopic (exact) mass is 269 g/mol. The molecule has 1 heterocycles. The molecule has 0 N–H and O–H groups in total. The first-order chi connectivity index (χ1) is 9.20. The molecule has 0 unspecified atom stereocenters. The lowest BCUT2D eigenvalue weighted by atomic mass is 10.0. The fourth-order valence-corrected chi connectivity index (χ4v) is 2.60. The first-order valence-corrected chi connectivity index (χ1v) is 6.40. The van der Waals surface area contributed by atoms with Crippen LogP contribution < -0.4 is 5.43 Å². The molecule has 0 bridgehead atoms. The number of pyridine rings is 1. The Kier molecular flexibility index (Phi) is 2.88. The average Bonchev–Trinajstić information content (AvgIpc) is 2.46. The third-order valence-corrected chi connectivity index (χ3v) is 3.74. The second-order valence-electron chi connectivity index (χ2n) is 4.44. The number of benzene rings is 2. The minimum Gasteiger partial charge on any atom is -0.334 e. The van der Waals surface area contributed by atoms with Crippen molar-refractivity contribution in [3.05, 3.63) is 70.0 Å². The van der Waals surface area contributed by atoms with E-state index < -0.39 is 0 Å². The van der Waals surface area contributed by atoms with Crippen molar-refractivity contribution < 1.29 is 0 Å². The molecule has 3 heteroatoms. The summed E-state index contributed by atoms with van der Waals surface area (Å²) in [7, 11) is 1.87. The Morgan fingerprint density at radius 2 is 1.58 bits per heavy atom. The van der Waals surface area contributed by atoms with Gasteiger partial charge in [-0.2, -0.15) is 0 Å². The fraction of sp³-hybridized carbons (Fsp3) is 0.0625. The third kappa shape index (κ3) is 1.85. The van der Waals surface area contributed by atoms with Crippen LogP contribution in [0, 0.1) is 0 Å². The first kappa shape index (κ1) is 12.0. The molecule has 19 heavy (non-hydrogen) atoms. The highest BCUT2D eigenvalue weighted by atomic mass is 35.5. The Labute approximate surface area is 115 Å². The van der Waals surface area contributed by atoms with E-state index in [2.05, 4.69) is 0 Å². The van der Waals surface area contributed by atoms with E-state index in [1.165, 1.54) is 0 Å². The summed E-state index contributed by atoms with van der Waals surface area (Å²) >= 11 is 6.37. The zero-order valence-electron chi connectivity index (χ0n) is 10.4. The van der Waals surface area contributed by atoms with Gasteiger partial charge in [0, 0.05) is 12.4 Å². The molecule has 94 valence electrons. The van der Waals surface area contributed by atoms with Crippen LogP contribution in [0.4, 0.5) is 0 Å². The number of rotatable bonds is 1. The van der Waals surface area contributed by atoms with Crippen LogP contribution in [0.2, 0.25) is 5.15 Å². The highest BCUT2D eigenvalue weighted by molar-refractivity contribution is 6.32. The van der Waals surface area contributed by atoms with Gasteiger partial charge in [0.15, 0.2) is 5.43 Å². The minimum absolute atomic E-state index is 0.0232. The lowest BCUT2D eigenvalue weighted by Gasteiger charge is -2.12. The molecule has 3 aromatic rings. The second-order valence-corrected chi connectivity index (χ2v) is 4.80. The molecule has 0 radical (unpaired) electrons. The molecule has 2 nitrogen and oxygen atoms in total. The van der Waals surface area contributed by atoms with Gasteiger partial charge in [-0.25, -0.2) is 0 Å². The Hall–Kier alpha value is -2.06. The second kappa shape index (κ2) is 4.56. The molecule has 0 saturated carbocycles. The Bertz CT molecular complexity index is 806. The largest absolute Gasteiger partial charge is 0.334 e. The topological polar surface area (TPSA) is 22.0 Å². The summed E-state index contributed by atoms with van der Waals surface area (Å²) in [5, 5.41) is 1.16. The van der Waals surface area contributed by atoms with Crippen molar-refractivity contribution in [2.45, 2.75) is 0 Å². The van der Waals surface area contributed by atoms with Gasteiger partial charge >= 0.3 is 0 Å². The maximum absolute atomic E-state index is 12.6. The van der Waals surface area contributed by atoms with Crippen LogP contribution in [0.15, 0.2) is 59.4 Å². The predicted molar refractivity (Wildman–Crippen MR) is 79.6 cm³/mol. The number of para-hydroxylation sites is 1. The van der Waals surface area contributed by atoms with E-state index in [-0.39, 0.29) is 5.43 Å². The molecule has 0 spiro atoms. The zero-order chi connectivity index (χ0) is 13.4. The lowest BCUT2D eigenvalue weighted by molar-refractivity contribution is 0.953. The average molecular weight is 270 g/mol. The molecule has 1 aromatic heterocycles. The van der Waals surface area contributed by atoms with Gasteiger partial charge in [-0.3, -0.25) is 4.79 Å². The number of fused-ring (bicyclic) bond motifs is 1. The Morgan fingerprint density at radius 3 is 2.32 bits per heavy atom. The molecule has 0 aliphatic carbocycles. The van der Waals surface area contributed by atoms with Crippen molar-refractivity contribution in [1.82, 2.24) is 4.57 Å². The predicted octanol–water partition coefficient (Wildman–Crippen LogP) is 3.86. The normalized spacial score (nSPS) is 10.8. The number of hydrogen-bond donors (Lipinski definition) is 0. The summed E-state index contributed by atoms with van der Waals surface area (Å²) in [5.41, 5.74) is 2.23. The van der Waals surface area contributed by atoms with E-state index in [0.29, 0.717) is 16.1 Å². The summed E-state index contributed by atoms with van der Waals surface area (Å²) in [6, 6.07) is 17.0. The zero-order valence-corrected chi connectivity index (χ0v) is 11.2. The number of hydrogen-bond acceptors (Lipinski definition) is 1. The first-order valence-electron chi connectivity index (χ1n) is 6.03. The van der Waals surface area contributed by atoms with Crippen molar-refractivity contribution in [3.8, 4) is 11.1 Å². The highest BCUT2D eigenvalue weighted by Crippen LogP contribution is 2.27. The summed E-state index contributed by atoms with van der Waals surface area (Å²) in [6.45, 7) is 0. The maximum Gasteiger partial charge on any atom is 0.198 e. The quantitative estimate of drug-likeness (QED) is 0.615. The van der Waals surface area contributed by atoms with Gasteiger partial charge in [-0.15, -0.1) is 0 Å². The molecule has 0 amide bonds. The molecule has 0 atom stereocenters. The Balaban J connectivity index is 2.48. The van der Waals surface area contributed by atoms with Crippen LogP contribution >= 0.6 is 11.6 Å². The van der Waals surface area contributed by atoms with Gasteiger partial charge in [0.05, 0.1) is 11.1 Å². The number of nitrogens with zero attached hydrogens (tertiary/aromatic N) is 1. The summed E-state index contributed by atoms with van der Waals surface area (Å²) in [5.74, 6) is 0. The van der Waals surface area contributed by atoms with Crippen LogP contribution in [-0.4, -0.2) is 4.57 Å². The minimum atomic E-state index is -0.0232. The summed E-state index contributed by atoms with van der Waals surface area (Å²) in [6.07, 6.45) is 0. The molecule has 0 fully saturated rings. The molecular formula is C16H12ClNO. The van der Waals surface area contributed by atoms with Crippen LogP contribution in [0.25, 0.3) is 22.0 Å². The van der Waals surface area contributed by atoms with E-state index in [0.717, 1.165) is 11.1 Å². The van der Waals surface area contributed by atoms with E-state index >= 15 is 0 Å². The van der Waals surface area contributed by atoms with Crippen molar-refractivity contribution in [1.29, 1.82) is 0 Å². The van der Waals surface area contributed by atoms with Crippen LogP contribution in [-0.2, 0) is 7.05 Å². The van der Waals surface area contributed by atoms with E-state index in [1.54, 1.807) is 0 Å². The van der Waals surface area contributed by atoms with Gasteiger partial charge in [0.2, 0.25) is 0 Å². The molecule has 2 aromatic carbocycles. The van der Waals surface area contributed by atoms with Gasteiger partial charge in [-0.05, 0) is 17.7 Å². The van der Waals surface area contributed by atoms with Crippen molar-refractivity contribution >= 4 is 22.5 Å². The van der Waals surface area contributed by atoms with Gasteiger partial charge in [0.1, 0.15) is 5.15 Å². The summed E-state index contributed by atoms with van der Waals surface area (Å²) < 4.78 is 1.85. The standard InChI is InChI=1S/C16H12ClNO/c1-18-13-10-6-5-9-12(13)15(19)14(16(18)17)11-7-3-2-4-8-11/h2-10H,1H3. The number of halogens is 1.